The largest absolute Gasteiger partial charge is 0.480 e. The predicted octanol–water partition coefficient (Wildman–Crippen LogP) is 4.29. The summed E-state index contributed by atoms with van der Waals surface area (Å²) in [4.78, 5) is 50.1. The molecule has 1 N–H and O–H groups in total. The first-order valence-corrected chi connectivity index (χ1v) is 13.6. The number of carboxylic acids is 1. The molecule has 7 heteroatoms. The van der Waals surface area contributed by atoms with Gasteiger partial charge in [0.1, 0.15) is 12.1 Å². The average Bonchev–Trinajstić information content (AvgIpc) is 3.43. The molecule has 1 saturated heterocycles. The van der Waals surface area contributed by atoms with Crippen LogP contribution in [0.15, 0.2) is 11.6 Å². The van der Waals surface area contributed by atoms with Crippen LogP contribution in [0.2, 0.25) is 0 Å². The van der Waals surface area contributed by atoms with E-state index in [9.17, 15) is 24.3 Å². The van der Waals surface area contributed by atoms with E-state index < -0.39 is 12.0 Å². The number of fused-ring (bicyclic) bond motifs is 5. The molecule has 0 radical (unpaired) electrons. The zero-order valence-corrected chi connectivity index (χ0v) is 21.1. The van der Waals surface area contributed by atoms with Crippen LogP contribution in [0.25, 0.3) is 0 Å². The molecule has 7 unspecified atom stereocenters. The summed E-state index contributed by atoms with van der Waals surface area (Å²) in [6.07, 6.45) is 10.8. The van der Waals surface area contributed by atoms with E-state index in [1.165, 1.54) is 10.5 Å². The number of carboxylic acid groups (broad SMARTS) is 1. The number of nitrogens with zero attached hydrogens (tertiary/aromatic N) is 1. The minimum absolute atomic E-state index is 0.00519. The summed E-state index contributed by atoms with van der Waals surface area (Å²) in [6, 6.07) is -0.766. The van der Waals surface area contributed by atoms with Crippen molar-refractivity contribution in [3.63, 3.8) is 0 Å². The van der Waals surface area contributed by atoms with Gasteiger partial charge in [0, 0.05) is 24.8 Å². The Morgan fingerprint density at radius 3 is 2.60 bits per heavy atom. The Morgan fingerprint density at radius 2 is 1.83 bits per heavy atom. The van der Waals surface area contributed by atoms with Crippen LogP contribution in [0.4, 0.5) is 0 Å². The van der Waals surface area contributed by atoms with Gasteiger partial charge in [-0.05, 0) is 87.0 Å². The SMILES string of the molecule is CC12CCC(=O)C=C1CCC1C2CCC2(C)C(OC(=O)CCC(=O)N3CCCC3C(=O)O)CCC12. The summed E-state index contributed by atoms with van der Waals surface area (Å²) in [5.41, 5.74) is 1.47. The van der Waals surface area contributed by atoms with Gasteiger partial charge in [0.05, 0.1) is 6.42 Å². The summed E-state index contributed by atoms with van der Waals surface area (Å²) in [7, 11) is 0. The minimum atomic E-state index is -0.974. The number of hydrogen-bond donors (Lipinski definition) is 1. The summed E-state index contributed by atoms with van der Waals surface area (Å²) in [5.74, 6) is 0.431. The van der Waals surface area contributed by atoms with Crippen LogP contribution < -0.4 is 0 Å². The van der Waals surface area contributed by atoms with Crippen LogP contribution in [0.5, 0.6) is 0 Å². The van der Waals surface area contributed by atoms with Crippen molar-refractivity contribution in [1.29, 1.82) is 0 Å². The van der Waals surface area contributed by atoms with Gasteiger partial charge in [0.15, 0.2) is 5.78 Å². The molecule has 5 aliphatic rings. The summed E-state index contributed by atoms with van der Waals surface area (Å²) in [6.45, 7) is 5.12. The number of allylic oxidation sites excluding steroid dienone is 1. The number of ether oxygens (including phenoxy) is 1. The monoisotopic (exact) mass is 485 g/mol. The zero-order chi connectivity index (χ0) is 25.0. The van der Waals surface area contributed by atoms with Gasteiger partial charge in [-0.25, -0.2) is 4.79 Å². The van der Waals surface area contributed by atoms with Crippen LogP contribution in [0, 0.1) is 28.6 Å². The van der Waals surface area contributed by atoms with Gasteiger partial charge in [-0.1, -0.05) is 19.4 Å². The standard InChI is InChI=1S/C28H39NO6/c1-27-13-11-18(30)16-17(27)5-6-19-20-7-8-23(28(20,2)14-12-21(19)27)35-25(32)10-9-24(31)29-15-3-4-22(29)26(33)34/h16,19-23H,3-15H2,1-2H3,(H,33,34). The number of likely N-dealkylation sites (tertiary alicyclic amines) is 1. The first-order valence-electron chi connectivity index (χ1n) is 13.6. The van der Waals surface area contributed by atoms with Crippen LogP contribution in [-0.4, -0.2) is 52.3 Å². The van der Waals surface area contributed by atoms with Crippen molar-refractivity contribution in [2.75, 3.05) is 6.54 Å². The molecular formula is C28H39NO6. The Bertz CT molecular complexity index is 957. The van der Waals surface area contributed by atoms with Gasteiger partial charge < -0.3 is 14.7 Å². The molecule has 1 aliphatic heterocycles. The highest BCUT2D eigenvalue weighted by Crippen LogP contribution is 2.65. The van der Waals surface area contributed by atoms with Crippen molar-refractivity contribution in [3.05, 3.63) is 11.6 Å². The van der Waals surface area contributed by atoms with Crippen molar-refractivity contribution in [1.82, 2.24) is 4.90 Å². The summed E-state index contributed by atoms with van der Waals surface area (Å²) in [5, 5.41) is 9.31. The lowest BCUT2D eigenvalue weighted by Gasteiger charge is -2.57. The van der Waals surface area contributed by atoms with E-state index in [4.69, 9.17) is 4.74 Å². The molecule has 7 atom stereocenters. The molecule has 0 aromatic rings. The van der Waals surface area contributed by atoms with Crippen LogP contribution in [-0.2, 0) is 23.9 Å². The Balaban J connectivity index is 1.20. The number of aliphatic carboxylic acids is 1. The molecule has 0 aromatic carbocycles. The molecule has 5 rings (SSSR count). The van der Waals surface area contributed by atoms with Gasteiger partial charge >= 0.3 is 11.9 Å². The van der Waals surface area contributed by atoms with E-state index in [-0.39, 0.29) is 47.4 Å². The number of amides is 1. The highest BCUT2D eigenvalue weighted by atomic mass is 16.5. The van der Waals surface area contributed by atoms with E-state index in [2.05, 4.69) is 13.8 Å². The Kier molecular flexibility index (Phi) is 6.33. The molecule has 3 saturated carbocycles. The minimum Gasteiger partial charge on any atom is -0.480 e. The average molecular weight is 486 g/mol. The van der Waals surface area contributed by atoms with Crippen LogP contribution in [0.3, 0.4) is 0 Å². The van der Waals surface area contributed by atoms with Crippen molar-refractivity contribution in [3.8, 4) is 0 Å². The fourth-order valence-corrected chi connectivity index (χ4v) is 8.60. The summed E-state index contributed by atoms with van der Waals surface area (Å²) < 4.78 is 6.01. The lowest BCUT2D eigenvalue weighted by atomic mass is 9.47. The smallest absolute Gasteiger partial charge is 0.326 e. The third-order valence-corrected chi connectivity index (χ3v) is 10.5. The lowest BCUT2D eigenvalue weighted by Crippen LogP contribution is -2.51. The number of carbonyl (C=O) groups excluding carboxylic acids is 3. The first kappa shape index (κ1) is 24.5. The molecule has 192 valence electrons. The van der Waals surface area contributed by atoms with Crippen molar-refractivity contribution >= 4 is 23.6 Å². The van der Waals surface area contributed by atoms with Crippen molar-refractivity contribution in [2.24, 2.45) is 28.6 Å². The van der Waals surface area contributed by atoms with E-state index in [1.807, 2.05) is 6.08 Å². The Hall–Kier alpha value is -2.18. The number of rotatable bonds is 5. The highest BCUT2D eigenvalue weighted by Gasteiger charge is 2.60. The predicted molar refractivity (Wildman–Crippen MR) is 128 cm³/mol. The van der Waals surface area contributed by atoms with E-state index >= 15 is 0 Å². The normalized spacial score (nSPS) is 40.4. The van der Waals surface area contributed by atoms with Gasteiger partial charge in [0.25, 0.3) is 0 Å². The van der Waals surface area contributed by atoms with Gasteiger partial charge in [-0.3, -0.25) is 14.4 Å². The maximum atomic E-state index is 12.8. The Labute approximate surface area is 207 Å². The van der Waals surface area contributed by atoms with Crippen LogP contribution >= 0.6 is 0 Å². The first-order chi connectivity index (χ1) is 16.6. The second-order valence-electron chi connectivity index (χ2n) is 12.2. The molecule has 4 aliphatic carbocycles. The van der Waals surface area contributed by atoms with Crippen molar-refractivity contribution in [2.45, 2.75) is 103 Å². The molecule has 35 heavy (non-hydrogen) atoms. The number of hydrogen-bond acceptors (Lipinski definition) is 5. The van der Waals surface area contributed by atoms with Gasteiger partial charge in [0.2, 0.25) is 5.91 Å². The topological polar surface area (TPSA) is 101 Å². The molecule has 0 aromatic heterocycles. The third kappa shape index (κ3) is 4.13. The highest BCUT2D eigenvalue weighted by molar-refractivity contribution is 5.91. The number of carbonyl (C=O) groups is 4. The second kappa shape index (κ2) is 9.04. The summed E-state index contributed by atoms with van der Waals surface area (Å²) >= 11 is 0. The van der Waals surface area contributed by atoms with Gasteiger partial charge in [-0.2, -0.15) is 0 Å². The maximum Gasteiger partial charge on any atom is 0.326 e. The fraction of sp³-hybridized carbons (Fsp3) is 0.786. The molecule has 7 nitrogen and oxygen atoms in total. The molecule has 0 bridgehead atoms. The quantitative estimate of drug-likeness (QED) is 0.583. The van der Waals surface area contributed by atoms with E-state index in [0.29, 0.717) is 43.6 Å². The van der Waals surface area contributed by atoms with Crippen molar-refractivity contribution < 1.29 is 29.0 Å². The lowest BCUT2D eigenvalue weighted by molar-refractivity contribution is -0.161. The maximum absolute atomic E-state index is 12.8. The van der Waals surface area contributed by atoms with Gasteiger partial charge in [-0.15, -0.1) is 0 Å². The zero-order valence-electron chi connectivity index (χ0n) is 21.1. The molecular weight excluding hydrogens is 446 g/mol. The third-order valence-electron chi connectivity index (χ3n) is 10.5. The number of ketones is 1. The molecule has 1 amide bonds. The number of esters is 1. The second-order valence-corrected chi connectivity index (χ2v) is 12.2. The molecule has 1 heterocycles. The van der Waals surface area contributed by atoms with E-state index in [1.54, 1.807) is 0 Å². The molecule has 4 fully saturated rings. The van der Waals surface area contributed by atoms with Crippen LogP contribution in [0.1, 0.15) is 90.9 Å². The van der Waals surface area contributed by atoms with E-state index in [0.717, 1.165) is 44.9 Å². The Morgan fingerprint density at radius 1 is 1.03 bits per heavy atom. The fourth-order valence-electron chi connectivity index (χ4n) is 8.60. The molecule has 0 spiro atoms.